The number of anilines is 2. The third-order valence-corrected chi connectivity index (χ3v) is 7.44. The SMILES string of the molecule is COc1ccc(S(=O)(=O)N(CC(=O)Nc2ccc(Br)c(C)c2)c2ccccc2F)cc1OC. The van der Waals surface area contributed by atoms with E-state index < -0.39 is 28.3 Å². The number of hydrogen-bond acceptors (Lipinski definition) is 5. The highest BCUT2D eigenvalue weighted by Crippen LogP contribution is 2.33. The molecule has 0 aliphatic heterocycles. The van der Waals surface area contributed by atoms with Gasteiger partial charge in [-0.15, -0.1) is 0 Å². The quantitative estimate of drug-likeness (QED) is 0.449. The third-order valence-electron chi connectivity index (χ3n) is 4.79. The summed E-state index contributed by atoms with van der Waals surface area (Å²) in [5.41, 5.74) is 1.11. The number of halogens is 2. The zero-order chi connectivity index (χ0) is 24.2. The number of nitrogens with zero attached hydrogens (tertiary/aromatic N) is 1. The first-order valence-electron chi connectivity index (χ1n) is 9.72. The average Bonchev–Trinajstić information content (AvgIpc) is 2.80. The Morgan fingerprint density at radius 1 is 1.03 bits per heavy atom. The number of benzene rings is 3. The van der Waals surface area contributed by atoms with Gasteiger partial charge in [0.2, 0.25) is 5.91 Å². The molecule has 0 unspecified atom stereocenters. The van der Waals surface area contributed by atoms with Crippen LogP contribution < -0.4 is 19.1 Å². The second-order valence-corrected chi connectivity index (χ2v) is 9.71. The van der Waals surface area contributed by atoms with Gasteiger partial charge in [-0.2, -0.15) is 0 Å². The first-order chi connectivity index (χ1) is 15.7. The van der Waals surface area contributed by atoms with Gasteiger partial charge in [-0.3, -0.25) is 9.10 Å². The highest BCUT2D eigenvalue weighted by molar-refractivity contribution is 9.10. The standard InChI is InChI=1S/C23H22BrFN2O5S/c1-15-12-16(8-10-18(15)24)26-23(28)14-27(20-7-5-4-6-19(20)25)33(29,30)17-9-11-21(31-2)22(13-17)32-3/h4-13H,14H2,1-3H3,(H,26,28). The van der Waals surface area contributed by atoms with E-state index in [1.807, 2.05) is 6.92 Å². The van der Waals surface area contributed by atoms with E-state index in [1.54, 1.807) is 18.2 Å². The van der Waals surface area contributed by atoms with Crippen LogP contribution in [0.2, 0.25) is 0 Å². The van der Waals surface area contributed by atoms with Gasteiger partial charge < -0.3 is 14.8 Å². The fourth-order valence-electron chi connectivity index (χ4n) is 3.11. The molecule has 1 N–H and O–H groups in total. The smallest absolute Gasteiger partial charge is 0.265 e. The van der Waals surface area contributed by atoms with Gasteiger partial charge in [0.15, 0.2) is 11.5 Å². The summed E-state index contributed by atoms with van der Waals surface area (Å²) in [6.07, 6.45) is 0. The lowest BCUT2D eigenvalue weighted by molar-refractivity contribution is -0.114. The summed E-state index contributed by atoms with van der Waals surface area (Å²) in [5.74, 6) is -0.906. The van der Waals surface area contributed by atoms with Crippen LogP contribution in [0.1, 0.15) is 5.56 Å². The summed E-state index contributed by atoms with van der Waals surface area (Å²) in [5, 5.41) is 2.66. The first kappa shape index (κ1) is 24.5. The van der Waals surface area contributed by atoms with Crippen molar-refractivity contribution in [2.24, 2.45) is 0 Å². The molecule has 0 heterocycles. The predicted molar refractivity (Wildman–Crippen MR) is 128 cm³/mol. The molecule has 0 aliphatic rings. The van der Waals surface area contributed by atoms with E-state index in [2.05, 4.69) is 21.2 Å². The molecule has 0 fully saturated rings. The summed E-state index contributed by atoms with van der Waals surface area (Å²) in [6.45, 7) is 1.21. The van der Waals surface area contributed by atoms with Gasteiger partial charge in [-0.1, -0.05) is 28.1 Å². The molecule has 0 atom stereocenters. The molecule has 0 aliphatic carbocycles. The zero-order valence-electron chi connectivity index (χ0n) is 18.1. The zero-order valence-corrected chi connectivity index (χ0v) is 20.5. The molecule has 1 amide bonds. The van der Waals surface area contributed by atoms with E-state index in [0.29, 0.717) is 11.4 Å². The molecule has 174 valence electrons. The Bertz CT molecular complexity index is 1280. The monoisotopic (exact) mass is 536 g/mol. The molecule has 10 heteroatoms. The van der Waals surface area contributed by atoms with Crippen molar-refractivity contribution < 1.29 is 27.1 Å². The van der Waals surface area contributed by atoms with Gasteiger partial charge in [0, 0.05) is 16.2 Å². The Hall–Kier alpha value is -3.11. The van der Waals surface area contributed by atoms with Crippen molar-refractivity contribution in [2.75, 3.05) is 30.4 Å². The largest absolute Gasteiger partial charge is 0.493 e. The number of aryl methyl sites for hydroxylation is 1. The van der Waals surface area contributed by atoms with Crippen LogP contribution in [0.4, 0.5) is 15.8 Å². The van der Waals surface area contributed by atoms with E-state index in [-0.39, 0.29) is 16.3 Å². The Labute approximate surface area is 200 Å². The van der Waals surface area contributed by atoms with Crippen LogP contribution in [0.3, 0.4) is 0 Å². The minimum Gasteiger partial charge on any atom is -0.493 e. The summed E-state index contributed by atoms with van der Waals surface area (Å²) in [6, 6.07) is 14.5. The number of nitrogens with one attached hydrogen (secondary N) is 1. The number of amides is 1. The molecule has 0 aromatic heterocycles. The van der Waals surface area contributed by atoms with Gasteiger partial charge in [-0.25, -0.2) is 12.8 Å². The second kappa shape index (κ2) is 10.2. The van der Waals surface area contributed by atoms with E-state index in [4.69, 9.17) is 9.47 Å². The van der Waals surface area contributed by atoms with E-state index in [0.717, 1.165) is 20.4 Å². The lowest BCUT2D eigenvalue weighted by atomic mass is 10.2. The van der Waals surface area contributed by atoms with E-state index in [1.165, 1.54) is 50.6 Å². The van der Waals surface area contributed by atoms with Crippen molar-refractivity contribution in [3.63, 3.8) is 0 Å². The number of hydrogen-bond donors (Lipinski definition) is 1. The first-order valence-corrected chi connectivity index (χ1v) is 12.0. The topological polar surface area (TPSA) is 84.9 Å². The Balaban J connectivity index is 2.00. The van der Waals surface area contributed by atoms with E-state index >= 15 is 0 Å². The summed E-state index contributed by atoms with van der Waals surface area (Å²) >= 11 is 3.39. The number of carbonyl (C=O) groups is 1. The molecule has 3 aromatic rings. The van der Waals surface area contributed by atoms with Gasteiger partial charge in [0.1, 0.15) is 12.4 Å². The molecular formula is C23H22BrFN2O5S. The van der Waals surface area contributed by atoms with Crippen LogP contribution in [0.15, 0.2) is 70.0 Å². The summed E-state index contributed by atoms with van der Waals surface area (Å²) in [7, 11) is -1.55. The van der Waals surface area contributed by atoms with Crippen molar-refractivity contribution in [1.82, 2.24) is 0 Å². The number of carbonyl (C=O) groups excluding carboxylic acids is 1. The maximum atomic E-state index is 14.6. The Kier molecular flexibility index (Phi) is 7.60. The summed E-state index contributed by atoms with van der Waals surface area (Å²) < 4.78 is 53.6. The molecule has 3 rings (SSSR count). The fourth-order valence-corrected chi connectivity index (χ4v) is 4.80. The molecule has 0 saturated heterocycles. The molecule has 0 bridgehead atoms. The maximum Gasteiger partial charge on any atom is 0.265 e. The number of methoxy groups -OCH3 is 2. The second-order valence-electron chi connectivity index (χ2n) is 6.99. The molecule has 7 nitrogen and oxygen atoms in total. The van der Waals surface area contributed by atoms with Crippen molar-refractivity contribution in [1.29, 1.82) is 0 Å². The highest BCUT2D eigenvalue weighted by Gasteiger charge is 2.30. The van der Waals surface area contributed by atoms with Crippen LogP contribution in [-0.2, 0) is 14.8 Å². The summed E-state index contributed by atoms with van der Waals surface area (Å²) in [4.78, 5) is 12.6. The van der Waals surface area contributed by atoms with Crippen molar-refractivity contribution in [3.8, 4) is 11.5 Å². The van der Waals surface area contributed by atoms with Gasteiger partial charge in [0.05, 0.1) is 24.8 Å². The molecule has 3 aromatic carbocycles. The lowest BCUT2D eigenvalue weighted by Crippen LogP contribution is -2.38. The number of rotatable bonds is 8. The minimum atomic E-state index is -4.35. The average molecular weight is 537 g/mol. The molecule has 0 radical (unpaired) electrons. The molecule has 33 heavy (non-hydrogen) atoms. The predicted octanol–water partition coefficient (Wildman–Crippen LogP) is 4.75. The maximum absolute atomic E-state index is 14.6. The normalized spacial score (nSPS) is 11.1. The Morgan fingerprint density at radius 3 is 2.36 bits per heavy atom. The van der Waals surface area contributed by atoms with Crippen molar-refractivity contribution in [2.45, 2.75) is 11.8 Å². The van der Waals surface area contributed by atoms with Crippen LogP contribution in [0.5, 0.6) is 11.5 Å². The minimum absolute atomic E-state index is 0.182. The Morgan fingerprint density at radius 2 is 1.73 bits per heavy atom. The third kappa shape index (κ3) is 5.45. The van der Waals surface area contributed by atoms with Crippen LogP contribution in [0.25, 0.3) is 0 Å². The molecule has 0 spiro atoms. The van der Waals surface area contributed by atoms with Crippen LogP contribution in [-0.4, -0.2) is 35.1 Å². The fraction of sp³-hybridized carbons (Fsp3) is 0.174. The number of ether oxygens (including phenoxy) is 2. The molecule has 0 saturated carbocycles. The van der Waals surface area contributed by atoms with E-state index in [9.17, 15) is 17.6 Å². The van der Waals surface area contributed by atoms with Gasteiger partial charge in [-0.05, 0) is 55.0 Å². The van der Waals surface area contributed by atoms with Crippen LogP contribution >= 0.6 is 15.9 Å². The lowest BCUT2D eigenvalue weighted by Gasteiger charge is -2.25. The highest BCUT2D eigenvalue weighted by atomic mass is 79.9. The van der Waals surface area contributed by atoms with Crippen molar-refractivity contribution in [3.05, 3.63) is 76.5 Å². The molecular weight excluding hydrogens is 515 g/mol. The number of sulfonamides is 1. The number of para-hydroxylation sites is 1. The van der Waals surface area contributed by atoms with Crippen LogP contribution in [0, 0.1) is 12.7 Å². The van der Waals surface area contributed by atoms with Crippen molar-refractivity contribution >= 4 is 43.2 Å². The van der Waals surface area contributed by atoms with Gasteiger partial charge >= 0.3 is 0 Å². The van der Waals surface area contributed by atoms with Gasteiger partial charge in [0.25, 0.3) is 10.0 Å².